The molecule has 0 spiro atoms. The topological polar surface area (TPSA) is 121 Å². The molecule has 0 unspecified atom stereocenters. The summed E-state index contributed by atoms with van der Waals surface area (Å²) in [6.07, 6.45) is -1.29. The Balaban J connectivity index is 1.40. The standard InChI is InChI=1S/C27H22F3N5O3/c1-14-8-16(6-7-22(14)38-23-5-3-2-4-18(23)28)35-27(32)17(12-33-35)26(36)21-9-15-10-24(37-13-25(29)30)19(31)11-20(15)34-21/h2-12,25,34H,13,31-32H2,1H3. The van der Waals surface area contributed by atoms with Gasteiger partial charge in [-0.25, -0.2) is 17.9 Å². The Bertz CT molecular complexity index is 1660. The summed E-state index contributed by atoms with van der Waals surface area (Å²) >= 11 is 0. The van der Waals surface area contributed by atoms with Crippen LogP contribution in [0.5, 0.6) is 17.2 Å². The quantitative estimate of drug-likeness (QED) is 0.180. The minimum atomic E-state index is -2.65. The SMILES string of the molecule is Cc1cc(-n2ncc(C(=O)c3cc4cc(OCC(F)F)c(N)cc4[nH]3)c2N)ccc1Oc1ccccc1F. The van der Waals surface area contributed by atoms with Crippen molar-refractivity contribution >= 4 is 28.2 Å². The first kappa shape index (κ1) is 24.8. The molecule has 5 aromatic rings. The molecule has 0 aliphatic carbocycles. The Hall–Kier alpha value is -4.93. The second-order valence-electron chi connectivity index (χ2n) is 8.53. The maximum Gasteiger partial charge on any atom is 0.272 e. The normalized spacial score (nSPS) is 11.3. The number of carbonyl (C=O) groups excluding carboxylic acids is 1. The summed E-state index contributed by atoms with van der Waals surface area (Å²) in [6, 6.07) is 15.7. The molecule has 0 fully saturated rings. The molecule has 5 N–H and O–H groups in total. The number of H-pyrrole nitrogens is 1. The highest BCUT2D eigenvalue weighted by molar-refractivity contribution is 6.12. The van der Waals surface area contributed by atoms with Crippen LogP contribution in [0, 0.1) is 12.7 Å². The number of benzene rings is 3. The lowest BCUT2D eigenvalue weighted by Gasteiger charge is -2.12. The number of nitrogens with zero attached hydrogens (tertiary/aromatic N) is 2. The van der Waals surface area contributed by atoms with Gasteiger partial charge in [-0.15, -0.1) is 0 Å². The van der Waals surface area contributed by atoms with E-state index in [-0.39, 0.29) is 34.3 Å². The van der Waals surface area contributed by atoms with Crippen molar-refractivity contribution in [1.82, 2.24) is 14.8 Å². The third kappa shape index (κ3) is 4.73. The van der Waals surface area contributed by atoms with Crippen LogP contribution in [0.4, 0.5) is 24.7 Å². The summed E-state index contributed by atoms with van der Waals surface area (Å²) in [4.78, 5) is 16.2. The second-order valence-corrected chi connectivity index (χ2v) is 8.53. The number of fused-ring (bicyclic) bond motifs is 1. The van der Waals surface area contributed by atoms with E-state index < -0.39 is 24.6 Å². The van der Waals surface area contributed by atoms with Gasteiger partial charge < -0.3 is 25.9 Å². The van der Waals surface area contributed by atoms with Crippen LogP contribution < -0.4 is 20.9 Å². The van der Waals surface area contributed by atoms with Gasteiger partial charge >= 0.3 is 0 Å². The van der Waals surface area contributed by atoms with Gasteiger partial charge in [0.15, 0.2) is 11.6 Å². The molecule has 8 nitrogen and oxygen atoms in total. The number of aromatic amines is 1. The molecule has 0 saturated heterocycles. The summed E-state index contributed by atoms with van der Waals surface area (Å²) in [5.41, 5.74) is 14.5. The Morgan fingerprint density at radius 3 is 2.58 bits per heavy atom. The number of aryl methyl sites for hydroxylation is 1. The van der Waals surface area contributed by atoms with Crippen LogP contribution in [0.25, 0.3) is 16.6 Å². The molecular weight excluding hydrogens is 499 g/mol. The first-order valence-corrected chi connectivity index (χ1v) is 11.5. The fourth-order valence-electron chi connectivity index (χ4n) is 3.99. The molecule has 0 radical (unpaired) electrons. The fourth-order valence-corrected chi connectivity index (χ4v) is 3.99. The van der Waals surface area contributed by atoms with E-state index in [9.17, 15) is 18.0 Å². The molecule has 194 valence electrons. The number of halogens is 3. The van der Waals surface area contributed by atoms with E-state index in [0.29, 0.717) is 27.9 Å². The lowest BCUT2D eigenvalue weighted by molar-refractivity contribution is 0.0823. The van der Waals surface area contributed by atoms with Gasteiger partial charge in [0.2, 0.25) is 5.78 Å². The molecule has 11 heteroatoms. The van der Waals surface area contributed by atoms with Gasteiger partial charge in [0.25, 0.3) is 6.43 Å². The molecule has 5 rings (SSSR count). The second kappa shape index (κ2) is 9.85. The van der Waals surface area contributed by atoms with Crippen LogP contribution in [0.15, 0.2) is 66.9 Å². The van der Waals surface area contributed by atoms with Crippen molar-refractivity contribution in [3.8, 4) is 22.9 Å². The van der Waals surface area contributed by atoms with Crippen LogP contribution >= 0.6 is 0 Å². The van der Waals surface area contributed by atoms with Gasteiger partial charge in [0.1, 0.15) is 23.9 Å². The molecule has 2 aromatic heterocycles. The highest BCUT2D eigenvalue weighted by atomic mass is 19.3. The predicted molar refractivity (Wildman–Crippen MR) is 137 cm³/mol. The Morgan fingerprint density at radius 1 is 1.05 bits per heavy atom. The number of carbonyl (C=O) groups is 1. The summed E-state index contributed by atoms with van der Waals surface area (Å²) in [5, 5.41) is 4.82. The molecule has 0 saturated carbocycles. The molecule has 2 heterocycles. The smallest absolute Gasteiger partial charge is 0.272 e. The van der Waals surface area contributed by atoms with Gasteiger partial charge in [-0.2, -0.15) is 5.10 Å². The number of anilines is 2. The summed E-state index contributed by atoms with van der Waals surface area (Å²) < 4.78 is 51.1. The minimum absolute atomic E-state index is 0.0981. The Labute approximate surface area is 214 Å². The van der Waals surface area contributed by atoms with Crippen LogP contribution in [0.2, 0.25) is 0 Å². The number of nitrogens with two attached hydrogens (primary N) is 2. The molecular formula is C27H22F3N5O3. The van der Waals surface area contributed by atoms with Gasteiger partial charge in [0, 0.05) is 10.9 Å². The van der Waals surface area contributed by atoms with Crippen molar-refractivity contribution in [2.75, 3.05) is 18.1 Å². The van der Waals surface area contributed by atoms with Gasteiger partial charge in [-0.3, -0.25) is 4.79 Å². The number of ketones is 1. The molecule has 38 heavy (non-hydrogen) atoms. The molecule has 0 atom stereocenters. The van der Waals surface area contributed by atoms with E-state index in [1.54, 1.807) is 43.3 Å². The maximum atomic E-state index is 14.0. The van der Waals surface area contributed by atoms with Crippen molar-refractivity contribution in [3.63, 3.8) is 0 Å². The van der Waals surface area contributed by atoms with Gasteiger partial charge in [0.05, 0.1) is 28.8 Å². The number of nitrogens with one attached hydrogen (secondary N) is 1. The Kier molecular flexibility index (Phi) is 6.41. The summed E-state index contributed by atoms with van der Waals surface area (Å²) in [5.74, 6) is -0.142. The van der Waals surface area contributed by atoms with Crippen LogP contribution in [-0.4, -0.2) is 33.6 Å². The van der Waals surface area contributed by atoms with E-state index in [1.807, 2.05) is 0 Å². The monoisotopic (exact) mass is 521 g/mol. The molecule has 0 aliphatic heterocycles. The number of rotatable bonds is 8. The molecule has 0 aliphatic rings. The van der Waals surface area contributed by atoms with Crippen molar-refractivity contribution < 1.29 is 27.4 Å². The first-order chi connectivity index (χ1) is 18.2. The van der Waals surface area contributed by atoms with E-state index in [1.165, 1.54) is 35.1 Å². The number of nitrogen functional groups attached to an aromatic ring is 2. The zero-order valence-electron chi connectivity index (χ0n) is 20.0. The number of hydrogen-bond donors (Lipinski definition) is 3. The van der Waals surface area contributed by atoms with Gasteiger partial charge in [-0.05, 0) is 61.0 Å². The van der Waals surface area contributed by atoms with Crippen molar-refractivity contribution in [3.05, 3.63) is 89.5 Å². The summed E-state index contributed by atoms with van der Waals surface area (Å²) in [7, 11) is 0. The van der Waals surface area contributed by atoms with E-state index in [4.69, 9.17) is 20.9 Å². The van der Waals surface area contributed by atoms with Gasteiger partial charge in [-0.1, -0.05) is 12.1 Å². The molecule has 3 aromatic carbocycles. The molecule has 0 bridgehead atoms. The third-order valence-electron chi connectivity index (χ3n) is 5.87. The van der Waals surface area contributed by atoms with E-state index in [0.717, 1.165) is 0 Å². The zero-order chi connectivity index (χ0) is 27.0. The van der Waals surface area contributed by atoms with E-state index >= 15 is 0 Å². The molecule has 0 amide bonds. The fraction of sp³-hybridized carbons (Fsp3) is 0.111. The largest absolute Gasteiger partial charge is 0.485 e. The van der Waals surface area contributed by atoms with Crippen molar-refractivity contribution in [2.24, 2.45) is 0 Å². The lowest BCUT2D eigenvalue weighted by atomic mass is 10.1. The first-order valence-electron chi connectivity index (χ1n) is 11.5. The van der Waals surface area contributed by atoms with E-state index in [2.05, 4.69) is 10.1 Å². The van der Waals surface area contributed by atoms with Crippen molar-refractivity contribution in [2.45, 2.75) is 13.3 Å². The average Bonchev–Trinajstić information content (AvgIpc) is 3.47. The minimum Gasteiger partial charge on any atom is -0.485 e. The number of aromatic nitrogens is 3. The van der Waals surface area contributed by atoms with Crippen LogP contribution in [0.1, 0.15) is 21.6 Å². The zero-order valence-corrected chi connectivity index (χ0v) is 20.0. The lowest BCUT2D eigenvalue weighted by Crippen LogP contribution is -2.08. The average molecular weight is 521 g/mol. The van der Waals surface area contributed by atoms with Crippen LogP contribution in [-0.2, 0) is 0 Å². The highest BCUT2D eigenvalue weighted by Gasteiger charge is 2.21. The number of para-hydroxylation sites is 1. The number of alkyl halides is 2. The number of ether oxygens (including phenoxy) is 2. The maximum absolute atomic E-state index is 14.0. The summed E-state index contributed by atoms with van der Waals surface area (Å²) in [6.45, 7) is 0.998. The third-order valence-corrected chi connectivity index (χ3v) is 5.87. The van der Waals surface area contributed by atoms with Crippen LogP contribution in [0.3, 0.4) is 0 Å². The predicted octanol–water partition coefficient (Wildman–Crippen LogP) is 5.63. The Morgan fingerprint density at radius 2 is 1.84 bits per heavy atom. The number of hydrogen-bond acceptors (Lipinski definition) is 6. The van der Waals surface area contributed by atoms with Crippen molar-refractivity contribution in [1.29, 1.82) is 0 Å². The highest BCUT2D eigenvalue weighted by Crippen LogP contribution is 2.32.